The van der Waals surface area contributed by atoms with Crippen molar-refractivity contribution in [3.8, 4) is 11.5 Å². The van der Waals surface area contributed by atoms with E-state index in [4.69, 9.17) is 21.1 Å². The van der Waals surface area contributed by atoms with Crippen LogP contribution in [-0.2, 0) is 36.0 Å². The zero-order chi connectivity index (χ0) is 26.6. The molecule has 6 aliphatic rings. The van der Waals surface area contributed by atoms with Crippen molar-refractivity contribution < 1.29 is 14.3 Å². The summed E-state index contributed by atoms with van der Waals surface area (Å²) in [5.41, 5.74) is 10.5. The molecule has 0 bridgehead atoms. The van der Waals surface area contributed by atoms with E-state index in [1.807, 2.05) is 12.1 Å². The summed E-state index contributed by atoms with van der Waals surface area (Å²) in [5.74, 6) is 1.56. The molecular formula is C34H33ClN2O3. The van der Waals surface area contributed by atoms with E-state index >= 15 is 0 Å². The minimum absolute atomic E-state index is 0.277. The molecule has 0 N–H and O–H groups in total. The average molecular weight is 553 g/mol. The minimum atomic E-state index is -1.06. The topological polar surface area (TPSA) is 42.0 Å². The van der Waals surface area contributed by atoms with Gasteiger partial charge in [-0.05, 0) is 106 Å². The molecule has 3 aromatic rings. The molecule has 0 aromatic heterocycles. The number of carbonyl (C=O) groups excluding carboxylic acids is 1. The van der Waals surface area contributed by atoms with E-state index in [-0.39, 0.29) is 5.97 Å². The molecule has 0 aliphatic carbocycles. The van der Waals surface area contributed by atoms with Crippen LogP contribution in [0.4, 0.5) is 11.4 Å². The molecule has 0 atom stereocenters. The SMILES string of the molecule is O=C1OC2(c3cc(Cl)ccc31)c1cc3c4c(c1Oc1c2cc2c5c1CCCN5CCCC2)CCCN4CCCC3. The number of hydrogen-bond acceptors (Lipinski definition) is 5. The summed E-state index contributed by atoms with van der Waals surface area (Å²) in [6, 6.07) is 10.3. The average Bonchev–Trinajstić information content (AvgIpc) is 3.13. The van der Waals surface area contributed by atoms with Gasteiger partial charge in [0.05, 0.1) is 5.56 Å². The van der Waals surface area contributed by atoms with Gasteiger partial charge in [0.1, 0.15) is 11.5 Å². The first kappa shape index (κ1) is 23.5. The quantitative estimate of drug-likeness (QED) is 0.279. The van der Waals surface area contributed by atoms with E-state index < -0.39 is 5.60 Å². The largest absolute Gasteiger partial charge is 0.456 e. The molecule has 1 spiro atoms. The predicted octanol–water partition coefficient (Wildman–Crippen LogP) is 7.09. The van der Waals surface area contributed by atoms with Gasteiger partial charge in [-0.2, -0.15) is 0 Å². The molecule has 0 fully saturated rings. The normalized spacial score (nSPS) is 21.3. The van der Waals surface area contributed by atoms with Crippen molar-refractivity contribution in [3.63, 3.8) is 0 Å². The van der Waals surface area contributed by atoms with Crippen LogP contribution in [0.5, 0.6) is 11.5 Å². The van der Waals surface area contributed by atoms with Gasteiger partial charge in [0, 0.05) is 70.4 Å². The maximum absolute atomic E-state index is 13.7. The lowest BCUT2D eigenvalue weighted by Gasteiger charge is -2.43. The lowest BCUT2D eigenvalue weighted by atomic mass is 9.73. The van der Waals surface area contributed by atoms with Crippen LogP contribution in [0.25, 0.3) is 0 Å². The van der Waals surface area contributed by atoms with E-state index in [2.05, 4.69) is 21.9 Å². The zero-order valence-corrected chi connectivity index (χ0v) is 23.5. The van der Waals surface area contributed by atoms with Crippen LogP contribution < -0.4 is 14.5 Å². The maximum Gasteiger partial charge on any atom is 0.340 e. The molecular weight excluding hydrogens is 520 g/mol. The fraction of sp³-hybridized carbons (Fsp3) is 0.441. The van der Waals surface area contributed by atoms with Crippen LogP contribution in [-0.4, -0.2) is 32.1 Å². The van der Waals surface area contributed by atoms with Gasteiger partial charge in [-0.3, -0.25) is 0 Å². The van der Waals surface area contributed by atoms with Gasteiger partial charge in [-0.1, -0.05) is 11.6 Å². The number of hydrogen-bond donors (Lipinski definition) is 0. The van der Waals surface area contributed by atoms with E-state index in [0.29, 0.717) is 10.6 Å². The van der Waals surface area contributed by atoms with Crippen molar-refractivity contribution >= 4 is 28.9 Å². The highest BCUT2D eigenvalue weighted by Crippen LogP contribution is 2.61. The molecule has 204 valence electrons. The second kappa shape index (κ2) is 8.42. The summed E-state index contributed by atoms with van der Waals surface area (Å²) in [6.07, 6.45) is 11.0. The number of anilines is 2. The molecule has 6 heterocycles. The monoisotopic (exact) mass is 552 g/mol. The maximum atomic E-state index is 13.7. The highest BCUT2D eigenvalue weighted by Gasteiger charge is 2.56. The van der Waals surface area contributed by atoms with Gasteiger partial charge in [0.15, 0.2) is 5.60 Å². The molecule has 0 amide bonds. The van der Waals surface area contributed by atoms with Crippen LogP contribution in [0.1, 0.15) is 87.8 Å². The smallest absolute Gasteiger partial charge is 0.340 e. The third-order valence-corrected chi connectivity index (χ3v) is 10.5. The fourth-order valence-corrected chi connectivity index (χ4v) is 8.79. The van der Waals surface area contributed by atoms with Gasteiger partial charge in [0.2, 0.25) is 0 Å². The molecule has 0 unspecified atom stereocenters. The van der Waals surface area contributed by atoms with Gasteiger partial charge in [-0.25, -0.2) is 4.79 Å². The summed E-state index contributed by atoms with van der Waals surface area (Å²) < 4.78 is 13.9. The second-order valence-corrected chi connectivity index (χ2v) is 12.9. The Morgan fingerprint density at radius 1 is 0.675 bits per heavy atom. The molecule has 6 heteroatoms. The first-order chi connectivity index (χ1) is 19.6. The number of esters is 1. The van der Waals surface area contributed by atoms with Crippen LogP contribution in [0.15, 0.2) is 30.3 Å². The Morgan fingerprint density at radius 2 is 1.25 bits per heavy atom. The Balaban J connectivity index is 1.41. The Kier molecular flexibility index (Phi) is 4.95. The van der Waals surface area contributed by atoms with Gasteiger partial charge in [-0.15, -0.1) is 0 Å². The number of fused-ring (bicyclic) bond motifs is 8. The first-order valence-electron chi connectivity index (χ1n) is 15.2. The Morgan fingerprint density at radius 3 is 1.85 bits per heavy atom. The fourth-order valence-electron chi connectivity index (χ4n) is 8.62. The highest BCUT2D eigenvalue weighted by atomic mass is 35.5. The van der Waals surface area contributed by atoms with Crippen LogP contribution in [0.3, 0.4) is 0 Å². The summed E-state index contributed by atoms with van der Waals surface area (Å²) >= 11 is 6.66. The summed E-state index contributed by atoms with van der Waals surface area (Å²) in [5, 5.41) is 0.621. The first-order valence-corrected chi connectivity index (χ1v) is 15.6. The molecule has 0 radical (unpaired) electrons. The molecule has 0 saturated carbocycles. The van der Waals surface area contributed by atoms with Crippen molar-refractivity contribution in [1.82, 2.24) is 0 Å². The molecule has 5 nitrogen and oxygen atoms in total. The number of carbonyl (C=O) groups is 1. The third-order valence-electron chi connectivity index (χ3n) is 10.2. The second-order valence-electron chi connectivity index (χ2n) is 12.4. The number of aryl methyl sites for hydroxylation is 2. The molecule has 0 saturated heterocycles. The number of benzene rings is 3. The molecule has 40 heavy (non-hydrogen) atoms. The highest BCUT2D eigenvalue weighted by molar-refractivity contribution is 6.30. The third kappa shape index (κ3) is 3.02. The standard InChI is InChI=1S/C34H33ClN2O3/c35-22-11-12-23-26(19-22)34(40-33(23)38)27-17-20-7-1-3-13-36-15-5-9-24(29(20)36)31(27)39-32-25-10-6-16-37-14-4-2-8-21(30(25)37)18-28(32)34/h11-12,17-19H,1-10,13-16H2. The van der Waals surface area contributed by atoms with E-state index in [1.54, 1.807) is 6.07 Å². The summed E-state index contributed by atoms with van der Waals surface area (Å²) in [4.78, 5) is 18.8. The number of ether oxygens (including phenoxy) is 2. The number of halogens is 1. The predicted molar refractivity (Wildman–Crippen MR) is 157 cm³/mol. The molecule has 9 rings (SSSR count). The van der Waals surface area contributed by atoms with Crippen molar-refractivity contribution in [3.05, 3.63) is 79.9 Å². The summed E-state index contributed by atoms with van der Waals surface area (Å²) in [7, 11) is 0. The number of rotatable bonds is 0. The van der Waals surface area contributed by atoms with Gasteiger partial charge in [0.25, 0.3) is 0 Å². The van der Waals surface area contributed by atoms with Gasteiger partial charge >= 0.3 is 5.97 Å². The van der Waals surface area contributed by atoms with Crippen LogP contribution in [0.2, 0.25) is 5.02 Å². The zero-order valence-electron chi connectivity index (χ0n) is 22.8. The molecule has 6 aliphatic heterocycles. The van der Waals surface area contributed by atoms with Gasteiger partial charge < -0.3 is 19.3 Å². The Labute approximate surface area is 240 Å². The van der Waals surface area contributed by atoms with E-state index in [0.717, 1.165) is 92.9 Å². The minimum Gasteiger partial charge on any atom is -0.456 e. The Bertz CT molecular complexity index is 1540. The summed E-state index contributed by atoms with van der Waals surface area (Å²) in [6.45, 7) is 4.40. The van der Waals surface area contributed by atoms with Crippen molar-refractivity contribution in [2.75, 3.05) is 36.0 Å². The molecule has 3 aromatic carbocycles. The van der Waals surface area contributed by atoms with Crippen molar-refractivity contribution in [2.24, 2.45) is 0 Å². The van der Waals surface area contributed by atoms with Crippen molar-refractivity contribution in [2.45, 2.75) is 69.8 Å². The van der Waals surface area contributed by atoms with Crippen molar-refractivity contribution in [1.29, 1.82) is 0 Å². The van der Waals surface area contributed by atoms with Crippen LogP contribution >= 0.6 is 11.6 Å². The lowest BCUT2D eigenvalue weighted by molar-refractivity contribution is 0.0222. The van der Waals surface area contributed by atoms with E-state index in [9.17, 15) is 4.79 Å². The lowest BCUT2D eigenvalue weighted by Crippen LogP contribution is -2.37. The van der Waals surface area contributed by atoms with E-state index in [1.165, 1.54) is 59.3 Å². The number of nitrogens with zero attached hydrogens (tertiary/aromatic N) is 2. The van der Waals surface area contributed by atoms with Crippen LogP contribution in [0, 0.1) is 0 Å². The Hall–Kier alpha value is -3.18.